The van der Waals surface area contributed by atoms with E-state index in [2.05, 4.69) is 207 Å². The van der Waals surface area contributed by atoms with Crippen LogP contribution in [0.5, 0.6) is 0 Å². The lowest BCUT2D eigenvalue weighted by atomic mass is 9.65. The van der Waals surface area contributed by atoms with Crippen molar-refractivity contribution in [3.8, 4) is 22.3 Å². The van der Waals surface area contributed by atoms with E-state index in [9.17, 15) is 0 Å². The number of benzene rings is 5. The molecule has 1 aliphatic heterocycles. The highest BCUT2D eigenvalue weighted by Gasteiger charge is 2.53. The summed E-state index contributed by atoms with van der Waals surface area (Å²) < 4.78 is 0. The number of hydrogen-bond acceptors (Lipinski definition) is 2. The SMILES string of the molecule is C=CC1=C(/C=C\C)C(C)(C)C2C1CCC[C@H]2N(C1=CC2C(C=C1)c1ccccc1N2c1ccccc1)c1cc(-c2ccccc2)cc(-c2ccccc2)c1. The third-order valence-electron chi connectivity index (χ3n) is 12.7. The van der Waals surface area contributed by atoms with Gasteiger partial charge in [-0.2, -0.15) is 0 Å². The van der Waals surface area contributed by atoms with Crippen molar-refractivity contribution in [2.75, 3.05) is 9.80 Å². The normalized spacial score (nSPS) is 23.9. The molecule has 1 heterocycles. The van der Waals surface area contributed by atoms with Crippen molar-refractivity contribution in [2.45, 2.75) is 58.0 Å². The van der Waals surface area contributed by atoms with Crippen molar-refractivity contribution >= 4 is 17.1 Å². The maximum Gasteiger partial charge on any atom is 0.0649 e. The van der Waals surface area contributed by atoms with Gasteiger partial charge in [-0.15, -0.1) is 0 Å². The van der Waals surface area contributed by atoms with Gasteiger partial charge in [-0.3, -0.25) is 0 Å². The lowest BCUT2D eigenvalue weighted by Crippen LogP contribution is -2.49. The Morgan fingerprint density at radius 1 is 0.741 bits per heavy atom. The standard InChI is InChI=1S/C52H50N2/c1-5-19-47-43(6-2)46-27-18-29-49(51(46)52(47,3)4)53(42-33-38(36-20-10-7-11-21-36)32-39(34-42)37-22-12-8-13-23-37)41-30-31-45-44-26-16-17-28-48(44)54(50(45)35-41)40-24-14-9-15-25-40/h5-17,19-26,28,30-35,45-46,49-51H,2,18,27,29H2,1,3-4H3/b19-5-/t45?,46?,49-,50?,51?/m1/s1. The van der Waals surface area contributed by atoms with Gasteiger partial charge >= 0.3 is 0 Å². The van der Waals surface area contributed by atoms with E-state index in [4.69, 9.17) is 0 Å². The van der Waals surface area contributed by atoms with Crippen molar-refractivity contribution in [2.24, 2.45) is 17.3 Å². The minimum atomic E-state index is -0.0233. The van der Waals surface area contributed by atoms with Gasteiger partial charge in [0.05, 0.1) is 6.04 Å². The quantitative estimate of drug-likeness (QED) is 0.159. The molecule has 0 amide bonds. The molecule has 9 rings (SSSR count). The minimum absolute atomic E-state index is 0.0233. The summed E-state index contributed by atoms with van der Waals surface area (Å²) >= 11 is 0. The molecule has 4 unspecified atom stereocenters. The van der Waals surface area contributed by atoms with Gasteiger partial charge in [-0.25, -0.2) is 0 Å². The van der Waals surface area contributed by atoms with Crippen LogP contribution in [-0.2, 0) is 0 Å². The fourth-order valence-electron chi connectivity index (χ4n) is 10.5. The molecule has 1 saturated carbocycles. The van der Waals surface area contributed by atoms with Crippen LogP contribution in [0.2, 0.25) is 0 Å². The van der Waals surface area contributed by atoms with Gasteiger partial charge in [0.2, 0.25) is 0 Å². The number of para-hydroxylation sites is 2. The van der Waals surface area contributed by atoms with Crippen molar-refractivity contribution in [1.29, 1.82) is 0 Å². The molecular weight excluding hydrogens is 653 g/mol. The molecule has 54 heavy (non-hydrogen) atoms. The number of rotatable bonds is 8. The van der Waals surface area contributed by atoms with E-state index in [0.29, 0.717) is 11.8 Å². The number of allylic oxidation sites excluding steroid dienone is 6. The van der Waals surface area contributed by atoms with Crippen LogP contribution >= 0.6 is 0 Å². The van der Waals surface area contributed by atoms with Crippen molar-refractivity contribution in [3.63, 3.8) is 0 Å². The Morgan fingerprint density at radius 3 is 2.02 bits per heavy atom. The molecule has 5 aromatic rings. The average molecular weight is 703 g/mol. The molecule has 0 saturated heterocycles. The summed E-state index contributed by atoms with van der Waals surface area (Å²) in [6, 6.07) is 49.5. The van der Waals surface area contributed by atoms with E-state index in [1.54, 1.807) is 0 Å². The lowest BCUT2D eigenvalue weighted by molar-refractivity contribution is 0.147. The number of hydrogen-bond donors (Lipinski definition) is 0. The molecular formula is C52H50N2. The first-order valence-electron chi connectivity index (χ1n) is 19.9. The van der Waals surface area contributed by atoms with Crippen LogP contribution in [0.15, 0.2) is 193 Å². The summed E-state index contributed by atoms with van der Waals surface area (Å²) in [5.74, 6) is 1.16. The topological polar surface area (TPSA) is 6.48 Å². The molecule has 0 radical (unpaired) electrons. The summed E-state index contributed by atoms with van der Waals surface area (Å²) in [5.41, 5.74) is 14.3. The summed E-state index contributed by atoms with van der Waals surface area (Å²) in [4.78, 5) is 5.35. The molecule has 0 bridgehead atoms. The predicted octanol–water partition coefficient (Wildman–Crippen LogP) is 13.5. The van der Waals surface area contributed by atoms with Crippen molar-refractivity contribution < 1.29 is 0 Å². The van der Waals surface area contributed by atoms with Gasteiger partial charge in [0.1, 0.15) is 0 Å². The van der Waals surface area contributed by atoms with Crippen LogP contribution in [0.25, 0.3) is 22.3 Å². The Kier molecular flexibility index (Phi) is 8.86. The Balaban J connectivity index is 1.26. The zero-order chi connectivity index (χ0) is 36.8. The van der Waals surface area contributed by atoms with Crippen LogP contribution in [0, 0.1) is 17.3 Å². The second kappa shape index (κ2) is 14.0. The van der Waals surface area contributed by atoms with Crippen LogP contribution in [0.1, 0.15) is 51.5 Å². The zero-order valence-electron chi connectivity index (χ0n) is 31.8. The zero-order valence-corrected chi connectivity index (χ0v) is 31.8. The summed E-state index contributed by atoms with van der Waals surface area (Å²) in [6.45, 7) is 11.5. The predicted molar refractivity (Wildman–Crippen MR) is 229 cm³/mol. The van der Waals surface area contributed by atoms with E-state index < -0.39 is 0 Å². The van der Waals surface area contributed by atoms with E-state index in [0.717, 1.165) is 6.42 Å². The largest absolute Gasteiger partial charge is 0.338 e. The molecule has 4 aliphatic rings. The van der Waals surface area contributed by atoms with E-state index >= 15 is 0 Å². The van der Waals surface area contributed by atoms with E-state index in [1.807, 2.05) is 0 Å². The summed E-state index contributed by atoms with van der Waals surface area (Å²) in [7, 11) is 0. The van der Waals surface area contributed by atoms with Crippen LogP contribution in [0.3, 0.4) is 0 Å². The van der Waals surface area contributed by atoms with E-state index in [-0.39, 0.29) is 23.4 Å². The third kappa shape index (κ3) is 5.71. The fraction of sp³-hybridized carbons (Fsp3) is 0.231. The average Bonchev–Trinajstić information content (AvgIpc) is 3.66. The second-order valence-electron chi connectivity index (χ2n) is 16.0. The molecule has 0 aromatic heterocycles. The Morgan fingerprint density at radius 2 is 1.37 bits per heavy atom. The Bertz CT molecular complexity index is 2230. The van der Waals surface area contributed by atoms with E-state index in [1.165, 1.54) is 74.6 Å². The Labute approximate surface area is 322 Å². The molecule has 3 aliphatic carbocycles. The highest BCUT2D eigenvalue weighted by atomic mass is 15.2. The van der Waals surface area contributed by atoms with Gasteiger partial charge in [-0.05, 0) is 125 Å². The number of nitrogens with zero attached hydrogens (tertiary/aromatic N) is 2. The van der Waals surface area contributed by atoms with Gasteiger partial charge < -0.3 is 9.80 Å². The molecule has 0 N–H and O–H groups in total. The van der Waals surface area contributed by atoms with Gasteiger partial charge in [-0.1, -0.05) is 148 Å². The first-order chi connectivity index (χ1) is 26.5. The van der Waals surface area contributed by atoms with Crippen molar-refractivity contribution in [3.05, 3.63) is 199 Å². The summed E-state index contributed by atoms with van der Waals surface area (Å²) in [5, 5.41) is 0. The highest BCUT2D eigenvalue weighted by molar-refractivity contribution is 5.81. The summed E-state index contributed by atoms with van der Waals surface area (Å²) in [6.07, 6.45) is 17.8. The van der Waals surface area contributed by atoms with Crippen molar-refractivity contribution in [1.82, 2.24) is 0 Å². The minimum Gasteiger partial charge on any atom is -0.338 e. The highest BCUT2D eigenvalue weighted by Crippen LogP contribution is 2.59. The van der Waals surface area contributed by atoms with Crippen LogP contribution < -0.4 is 9.80 Å². The second-order valence-corrected chi connectivity index (χ2v) is 16.0. The first-order valence-corrected chi connectivity index (χ1v) is 19.9. The van der Waals surface area contributed by atoms with Crippen LogP contribution in [-0.4, -0.2) is 12.1 Å². The van der Waals surface area contributed by atoms with Gasteiger partial charge in [0, 0.05) is 34.7 Å². The fourth-order valence-corrected chi connectivity index (χ4v) is 10.5. The van der Waals surface area contributed by atoms with Gasteiger partial charge in [0.25, 0.3) is 0 Å². The molecule has 0 spiro atoms. The monoisotopic (exact) mass is 702 g/mol. The van der Waals surface area contributed by atoms with Crippen LogP contribution in [0.4, 0.5) is 17.1 Å². The molecule has 2 heteroatoms. The van der Waals surface area contributed by atoms with Gasteiger partial charge in [0.15, 0.2) is 0 Å². The molecule has 268 valence electrons. The maximum absolute atomic E-state index is 4.40. The Hall–Kier alpha value is -5.60. The first kappa shape index (κ1) is 34.2. The molecule has 5 atom stereocenters. The maximum atomic E-state index is 4.40. The lowest BCUT2D eigenvalue weighted by Gasteiger charge is -2.49. The number of fused-ring (bicyclic) bond motifs is 4. The molecule has 1 fully saturated rings. The number of anilines is 3. The molecule has 5 aromatic carbocycles. The molecule has 2 nitrogen and oxygen atoms in total. The third-order valence-corrected chi connectivity index (χ3v) is 12.7. The smallest absolute Gasteiger partial charge is 0.0649 e.